The number of benzene rings is 5. The molecule has 31 heavy (non-hydrogen) atoms. The minimum Gasteiger partial charge on any atom is -0.0843 e. The summed E-state index contributed by atoms with van der Waals surface area (Å²) < 4.78 is 0. The average molecular weight is 439 g/mol. The van der Waals surface area contributed by atoms with Crippen LogP contribution in [0.4, 0.5) is 0 Å². The van der Waals surface area contributed by atoms with Gasteiger partial charge in [-0.25, -0.2) is 0 Å². The number of rotatable bonds is 4. The van der Waals surface area contributed by atoms with E-state index < -0.39 is 0 Å². The normalized spacial score (nSPS) is 11.0. The van der Waals surface area contributed by atoms with Crippen molar-refractivity contribution in [3.63, 3.8) is 0 Å². The van der Waals surface area contributed by atoms with Crippen LogP contribution in [0.2, 0.25) is 10.0 Å². The van der Waals surface area contributed by atoms with E-state index in [1.165, 1.54) is 38.8 Å². The Morgan fingerprint density at radius 2 is 1.16 bits per heavy atom. The lowest BCUT2D eigenvalue weighted by atomic mass is 9.84. The second-order valence-electron chi connectivity index (χ2n) is 7.69. The van der Waals surface area contributed by atoms with Gasteiger partial charge < -0.3 is 0 Å². The molecule has 5 rings (SSSR count). The van der Waals surface area contributed by atoms with Gasteiger partial charge in [-0.1, -0.05) is 108 Å². The fourth-order valence-corrected chi connectivity index (χ4v) is 4.67. The lowest BCUT2D eigenvalue weighted by Crippen LogP contribution is -1.97. The highest BCUT2D eigenvalue weighted by Gasteiger charge is 2.17. The molecule has 0 nitrogen and oxygen atoms in total. The molecule has 0 N–H and O–H groups in total. The van der Waals surface area contributed by atoms with Crippen LogP contribution < -0.4 is 0 Å². The van der Waals surface area contributed by atoms with Gasteiger partial charge in [0.05, 0.1) is 0 Å². The zero-order chi connectivity index (χ0) is 21.2. The van der Waals surface area contributed by atoms with Crippen molar-refractivity contribution >= 4 is 34.0 Å². The smallest absolute Gasteiger partial charge is 0.0412 e. The second-order valence-corrected chi connectivity index (χ2v) is 8.56. The molecule has 0 saturated heterocycles. The first-order chi connectivity index (χ1) is 15.2. The first-order valence-electron chi connectivity index (χ1n) is 10.3. The van der Waals surface area contributed by atoms with Gasteiger partial charge in [0.25, 0.3) is 0 Å². The van der Waals surface area contributed by atoms with Crippen molar-refractivity contribution in [2.24, 2.45) is 0 Å². The van der Waals surface area contributed by atoms with Crippen molar-refractivity contribution in [1.29, 1.82) is 0 Å². The third kappa shape index (κ3) is 4.10. The molecule has 0 spiro atoms. The average Bonchev–Trinajstić information content (AvgIpc) is 2.79. The van der Waals surface area contributed by atoms with E-state index in [0.29, 0.717) is 0 Å². The Bertz CT molecular complexity index is 1360. The summed E-state index contributed by atoms with van der Waals surface area (Å²) in [6.45, 7) is 0. The van der Waals surface area contributed by atoms with E-state index in [1.54, 1.807) is 0 Å². The summed E-state index contributed by atoms with van der Waals surface area (Å²) in [5.41, 5.74) is 7.32. The Kier molecular flexibility index (Phi) is 5.51. The first kappa shape index (κ1) is 19.9. The molecule has 0 atom stereocenters. The molecule has 0 aliphatic heterocycles. The van der Waals surface area contributed by atoms with Crippen molar-refractivity contribution in [3.8, 4) is 22.3 Å². The molecule has 5 aromatic rings. The summed E-state index contributed by atoms with van der Waals surface area (Å²) in [5.74, 6) is 0. The molecule has 0 radical (unpaired) electrons. The molecule has 0 amide bonds. The van der Waals surface area contributed by atoms with Gasteiger partial charge in [-0.05, 0) is 74.8 Å². The Morgan fingerprint density at radius 1 is 0.516 bits per heavy atom. The highest BCUT2D eigenvalue weighted by Crippen LogP contribution is 2.42. The molecule has 0 aliphatic carbocycles. The Balaban J connectivity index is 1.86. The van der Waals surface area contributed by atoms with Gasteiger partial charge in [0, 0.05) is 10.0 Å². The summed E-state index contributed by atoms with van der Waals surface area (Å²) in [4.78, 5) is 0. The molecule has 0 fully saturated rings. The van der Waals surface area contributed by atoms with Crippen molar-refractivity contribution in [2.75, 3.05) is 0 Å². The summed E-state index contributed by atoms with van der Waals surface area (Å²) in [6.07, 6.45) is 0.785. The molecule has 2 heteroatoms. The van der Waals surface area contributed by atoms with E-state index in [-0.39, 0.29) is 0 Å². The zero-order valence-electron chi connectivity index (χ0n) is 16.9. The van der Waals surface area contributed by atoms with Gasteiger partial charge in [-0.15, -0.1) is 0 Å². The van der Waals surface area contributed by atoms with E-state index in [2.05, 4.69) is 84.9 Å². The molecule has 0 unspecified atom stereocenters. The molecule has 0 aliphatic rings. The lowest BCUT2D eigenvalue weighted by Gasteiger charge is -2.19. The third-order valence-electron chi connectivity index (χ3n) is 5.59. The quantitative estimate of drug-likeness (QED) is 0.262. The van der Waals surface area contributed by atoms with Gasteiger partial charge >= 0.3 is 0 Å². The molecule has 0 bridgehead atoms. The molecular formula is C29H20Cl2. The maximum Gasteiger partial charge on any atom is 0.0412 e. The fourth-order valence-electron chi connectivity index (χ4n) is 4.28. The van der Waals surface area contributed by atoms with Gasteiger partial charge in [0.15, 0.2) is 0 Å². The zero-order valence-corrected chi connectivity index (χ0v) is 18.4. The predicted octanol–water partition coefficient (Wildman–Crippen LogP) is 9.07. The van der Waals surface area contributed by atoms with Crippen LogP contribution in [0.3, 0.4) is 0 Å². The molecule has 0 aromatic heterocycles. The Morgan fingerprint density at radius 3 is 1.84 bits per heavy atom. The highest BCUT2D eigenvalue weighted by atomic mass is 35.5. The van der Waals surface area contributed by atoms with Crippen LogP contribution in [0.1, 0.15) is 11.1 Å². The summed E-state index contributed by atoms with van der Waals surface area (Å²) in [7, 11) is 0. The van der Waals surface area contributed by atoms with Crippen molar-refractivity contribution in [1.82, 2.24) is 0 Å². The van der Waals surface area contributed by atoms with Crippen molar-refractivity contribution < 1.29 is 0 Å². The third-order valence-corrected chi connectivity index (χ3v) is 6.06. The number of halogens is 2. The van der Waals surface area contributed by atoms with Crippen LogP contribution in [-0.2, 0) is 6.42 Å². The highest BCUT2D eigenvalue weighted by molar-refractivity contribution is 6.31. The van der Waals surface area contributed by atoms with Crippen molar-refractivity contribution in [2.45, 2.75) is 6.42 Å². The topological polar surface area (TPSA) is 0 Å². The number of hydrogen-bond acceptors (Lipinski definition) is 0. The van der Waals surface area contributed by atoms with Crippen LogP contribution in [0.5, 0.6) is 0 Å². The summed E-state index contributed by atoms with van der Waals surface area (Å²) in [6, 6.07) is 37.8. The fraction of sp³-hybridized carbons (Fsp3) is 0.0345. The molecule has 150 valence electrons. The lowest BCUT2D eigenvalue weighted by molar-refractivity contribution is 1.20. The van der Waals surface area contributed by atoms with Gasteiger partial charge in [0.2, 0.25) is 0 Å². The van der Waals surface area contributed by atoms with Crippen molar-refractivity contribution in [3.05, 3.63) is 130 Å². The number of fused-ring (bicyclic) bond motifs is 1. The Labute approximate surface area is 192 Å². The number of hydrogen-bond donors (Lipinski definition) is 0. The van der Waals surface area contributed by atoms with Gasteiger partial charge in [-0.3, -0.25) is 0 Å². The monoisotopic (exact) mass is 438 g/mol. The van der Waals surface area contributed by atoms with E-state index in [0.717, 1.165) is 21.9 Å². The minimum absolute atomic E-state index is 0.743. The standard InChI is InChI=1S/C29H20Cl2/c30-25-13-7-8-20(17-25)16-24-18-23-19-26(31)14-15-27(23)29(22-11-5-2-6-12-22)28(24)21-9-3-1-4-10-21/h1-15,17-19H,16H2. The van der Waals surface area contributed by atoms with Gasteiger partial charge in [-0.2, -0.15) is 0 Å². The SMILES string of the molecule is Clc1cccc(Cc2cc3cc(Cl)ccc3c(-c3ccccc3)c2-c2ccccc2)c1. The summed E-state index contributed by atoms with van der Waals surface area (Å²) >= 11 is 12.7. The van der Waals surface area contributed by atoms with E-state index in [4.69, 9.17) is 23.2 Å². The van der Waals surface area contributed by atoms with E-state index in [1.807, 2.05) is 24.3 Å². The van der Waals surface area contributed by atoms with Crippen LogP contribution in [0, 0.1) is 0 Å². The molecule has 5 aromatic carbocycles. The molecular weight excluding hydrogens is 419 g/mol. The maximum atomic E-state index is 6.39. The maximum absolute atomic E-state index is 6.39. The predicted molar refractivity (Wildman–Crippen MR) is 134 cm³/mol. The second kappa shape index (κ2) is 8.59. The van der Waals surface area contributed by atoms with Crippen LogP contribution in [0.25, 0.3) is 33.0 Å². The van der Waals surface area contributed by atoms with E-state index in [9.17, 15) is 0 Å². The van der Waals surface area contributed by atoms with Crippen LogP contribution in [0.15, 0.2) is 109 Å². The Hall–Kier alpha value is -3.06. The van der Waals surface area contributed by atoms with Crippen LogP contribution in [-0.4, -0.2) is 0 Å². The summed E-state index contributed by atoms with van der Waals surface area (Å²) in [5, 5.41) is 3.84. The molecule has 0 heterocycles. The van der Waals surface area contributed by atoms with E-state index >= 15 is 0 Å². The minimum atomic E-state index is 0.743. The first-order valence-corrected chi connectivity index (χ1v) is 11.0. The van der Waals surface area contributed by atoms with Gasteiger partial charge in [0.1, 0.15) is 0 Å². The largest absolute Gasteiger partial charge is 0.0843 e. The molecule has 0 saturated carbocycles. The van der Waals surface area contributed by atoms with Crippen LogP contribution >= 0.6 is 23.2 Å².